The maximum absolute atomic E-state index is 14.6. The number of amides is 1. The second-order valence-corrected chi connectivity index (χ2v) is 20.7. The van der Waals surface area contributed by atoms with Crippen LogP contribution in [0.4, 0.5) is 4.79 Å². The van der Waals surface area contributed by atoms with Gasteiger partial charge < -0.3 is 30.1 Å². The first-order valence-electron chi connectivity index (χ1n) is 20.2. The molecule has 0 spiro atoms. The van der Waals surface area contributed by atoms with Crippen molar-refractivity contribution in [3.8, 4) is 0 Å². The fraction of sp³-hybridized carbons (Fsp3) is 0.818. The van der Waals surface area contributed by atoms with E-state index >= 15 is 0 Å². The second-order valence-electron chi connectivity index (χ2n) is 20.7. The van der Waals surface area contributed by atoms with Crippen LogP contribution in [0.25, 0.3) is 0 Å². The molecule has 4 N–H and O–H groups in total. The van der Waals surface area contributed by atoms with Crippen molar-refractivity contribution < 1.29 is 34.4 Å². The first-order valence-corrected chi connectivity index (χ1v) is 20.2. The van der Waals surface area contributed by atoms with E-state index in [2.05, 4.69) is 39.9 Å². The summed E-state index contributed by atoms with van der Waals surface area (Å²) in [6.45, 7) is 22.8. The average molecular weight is 726 g/mol. The van der Waals surface area contributed by atoms with Crippen molar-refractivity contribution in [2.24, 2.45) is 45.3 Å². The van der Waals surface area contributed by atoms with Crippen LogP contribution in [-0.2, 0) is 20.7 Å². The van der Waals surface area contributed by atoms with Gasteiger partial charge in [0.25, 0.3) is 0 Å². The molecule has 11 atom stereocenters. The van der Waals surface area contributed by atoms with Crippen LogP contribution in [0.5, 0.6) is 0 Å². The van der Waals surface area contributed by atoms with E-state index in [4.69, 9.17) is 9.47 Å². The molecule has 4 aliphatic rings. The number of ether oxygens (including phenoxy) is 2. The molecule has 1 aromatic carbocycles. The van der Waals surface area contributed by atoms with Crippen molar-refractivity contribution in [2.45, 2.75) is 182 Å². The smallest absolute Gasteiger partial charge is 0.408 e. The number of nitrogens with one attached hydrogen (secondary N) is 1. The highest BCUT2D eigenvalue weighted by Crippen LogP contribution is 2.76. The Morgan fingerprint density at radius 2 is 1.50 bits per heavy atom. The van der Waals surface area contributed by atoms with E-state index in [1.54, 1.807) is 20.8 Å². The SMILES string of the molecule is CC(C)(O)CCC[C@@](C)(O)[C@H]1CC[C@]2(C)[C@@H]1[C@H](OC(=O)[C@H](Cc1ccccc1)NC(=O)OC(C)(C)C)C[C@@H]1[C@@]3(C)CC[C@H](O)C(C)(C)[C@@H]3CC[C@]12C. The van der Waals surface area contributed by atoms with Gasteiger partial charge in [-0.3, -0.25) is 0 Å². The van der Waals surface area contributed by atoms with E-state index in [0.29, 0.717) is 31.6 Å². The number of esters is 1. The number of alkyl carbamates (subject to hydrolysis) is 1. The molecule has 0 aliphatic heterocycles. The van der Waals surface area contributed by atoms with Crippen molar-refractivity contribution >= 4 is 12.1 Å². The standard InChI is InChI=1S/C44H71NO7/c1-38(2,3)52-37(48)45-30(26-28-16-13-12-14-17-28)36(47)51-31-27-33-41(8)23-20-34(46)40(6,7)32(41)19-25-42(33,9)43(10)24-18-29(35(31)43)44(11,50)22-15-21-39(4,5)49/h12-14,16-17,29-35,46,49-50H,15,18-27H2,1-11H3,(H,45,48)/t29-,30-,31+,32-,33+,34-,35-,41-,42+,43+,44+/m0/s1. The zero-order chi connectivity index (χ0) is 38.7. The second kappa shape index (κ2) is 14.2. The molecule has 0 heterocycles. The quantitative estimate of drug-likeness (QED) is 0.179. The summed E-state index contributed by atoms with van der Waals surface area (Å²) in [4.78, 5) is 27.7. The van der Waals surface area contributed by atoms with Crippen LogP contribution >= 0.6 is 0 Å². The van der Waals surface area contributed by atoms with Gasteiger partial charge in [0.05, 0.1) is 17.3 Å². The number of benzene rings is 1. The molecule has 0 radical (unpaired) electrons. The normalized spacial score (nSPS) is 37.4. The predicted molar refractivity (Wildman–Crippen MR) is 204 cm³/mol. The molecule has 0 saturated heterocycles. The molecule has 8 heteroatoms. The Bertz CT molecular complexity index is 1430. The number of aliphatic hydroxyl groups excluding tert-OH is 1. The minimum absolute atomic E-state index is 0.0552. The van der Waals surface area contributed by atoms with Crippen LogP contribution in [-0.4, -0.2) is 62.4 Å². The lowest BCUT2D eigenvalue weighted by Gasteiger charge is -2.70. The summed E-state index contributed by atoms with van der Waals surface area (Å²) in [7, 11) is 0. The highest BCUT2D eigenvalue weighted by Gasteiger charge is 2.72. The van der Waals surface area contributed by atoms with Gasteiger partial charge in [-0.2, -0.15) is 0 Å². The Morgan fingerprint density at radius 3 is 2.12 bits per heavy atom. The highest BCUT2D eigenvalue weighted by atomic mass is 16.6. The zero-order valence-electron chi connectivity index (χ0n) is 34.2. The van der Waals surface area contributed by atoms with Gasteiger partial charge in [0.2, 0.25) is 0 Å². The number of fused-ring (bicyclic) bond motifs is 5. The average Bonchev–Trinajstić information content (AvgIpc) is 3.39. The maximum Gasteiger partial charge on any atom is 0.408 e. The van der Waals surface area contributed by atoms with E-state index in [-0.39, 0.29) is 51.9 Å². The fourth-order valence-electron chi connectivity index (χ4n) is 12.3. The molecule has 8 nitrogen and oxygen atoms in total. The predicted octanol–water partition coefficient (Wildman–Crippen LogP) is 8.38. The third kappa shape index (κ3) is 7.82. The Morgan fingerprint density at radius 1 is 0.865 bits per heavy atom. The Kier molecular flexibility index (Phi) is 11.2. The largest absolute Gasteiger partial charge is 0.460 e. The third-order valence-corrected chi connectivity index (χ3v) is 15.1. The van der Waals surface area contributed by atoms with Crippen LogP contribution in [0, 0.1) is 45.3 Å². The summed E-state index contributed by atoms with van der Waals surface area (Å²) < 4.78 is 12.4. The van der Waals surface area contributed by atoms with Crippen LogP contribution in [0.15, 0.2) is 30.3 Å². The van der Waals surface area contributed by atoms with Crippen LogP contribution in [0.3, 0.4) is 0 Å². The van der Waals surface area contributed by atoms with Gasteiger partial charge in [-0.25, -0.2) is 9.59 Å². The number of carbonyl (C=O) groups excluding carboxylic acids is 2. The number of aliphatic hydroxyl groups is 3. The van der Waals surface area contributed by atoms with Crippen molar-refractivity contribution in [3.05, 3.63) is 35.9 Å². The van der Waals surface area contributed by atoms with E-state index < -0.39 is 41.0 Å². The van der Waals surface area contributed by atoms with Crippen molar-refractivity contribution in [2.75, 3.05) is 0 Å². The van der Waals surface area contributed by atoms with Gasteiger partial charge in [-0.1, -0.05) is 65.0 Å². The molecule has 0 aromatic heterocycles. The summed E-state index contributed by atoms with van der Waals surface area (Å²) in [5.74, 6) is -0.0858. The monoisotopic (exact) mass is 726 g/mol. The molecule has 4 fully saturated rings. The molecule has 4 aliphatic carbocycles. The highest BCUT2D eigenvalue weighted by molar-refractivity contribution is 5.82. The van der Waals surface area contributed by atoms with E-state index in [1.807, 2.05) is 51.1 Å². The minimum Gasteiger partial charge on any atom is -0.460 e. The molecule has 5 rings (SSSR count). The van der Waals surface area contributed by atoms with Gasteiger partial charge in [0, 0.05) is 12.3 Å². The number of hydrogen-bond donors (Lipinski definition) is 4. The summed E-state index contributed by atoms with van der Waals surface area (Å²) >= 11 is 0. The lowest BCUT2D eigenvalue weighted by atomic mass is 9.35. The third-order valence-electron chi connectivity index (χ3n) is 15.1. The number of carbonyl (C=O) groups is 2. The molecule has 294 valence electrons. The molecular weight excluding hydrogens is 654 g/mol. The Labute approximate surface area is 314 Å². The summed E-state index contributed by atoms with van der Waals surface area (Å²) in [5, 5.41) is 36.9. The van der Waals surface area contributed by atoms with E-state index in [9.17, 15) is 24.9 Å². The molecule has 1 amide bonds. The van der Waals surface area contributed by atoms with E-state index in [1.165, 1.54) is 0 Å². The van der Waals surface area contributed by atoms with Crippen molar-refractivity contribution in [1.82, 2.24) is 5.32 Å². The van der Waals surface area contributed by atoms with Crippen LogP contribution < -0.4 is 5.32 Å². The van der Waals surface area contributed by atoms with Gasteiger partial charge in [0.15, 0.2) is 0 Å². The first-order chi connectivity index (χ1) is 23.8. The van der Waals surface area contributed by atoms with Crippen LogP contribution in [0.1, 0.15) is 146 Å². The molecule has 1 aromatic rings. The molecule has 52 heavy (non-hydrogen) atoms. The van der Waals surface area contributed by atoms with Gasteiger partial charge in [-0.05, 0) is 151 Å². The molecule has 0 bridgehead atoms. The first kappa shape index (κ1) is 41.0. The Hall–Kier alpha value is -2.16. The van der Waals surface area contributed by atoms with Gasteiger partial charge in [-0.15, -0.1) is 0 Å². The zero-order valence-corrected chi connectivity index (χ0v) is 34.2. The molecule has 4 saturated carbocycles. The fourth-order valence-corrected chi connectivity index (χ4v) is 12.3. The minimum atomic E-state index is -1.02. The Balaban J connectivity index is 1.53. The summed E-state index contributed by atoms with van der Waals surface area (Å²) in [5.41, 5.74) is -2.21. The molecular formula is C44H71NO7. The summed E-state index contributed by atoms with van der Waals surface area (Å²) in [6.07, 6.45) is 6.85. The van der Waals surface area contributed by atoms with Gasteiger partial charge >= 0.3 is 12.1 Å². The number of hydrogen-bond acceptors (Lipinski definition) is 7. The lowest BCUT2D eigenvalue weighted by molar-refractivity contribution is -0.251. The van der Waals surface area contributed by atoms with Gasteiger partial charge in [0.1, 0.15) is 17.7 Å². The molecule has 0 unspecified atom stereocenters. The number of rotatable bonds is 10. The van der Waals surface area contributed by atoms with Crippen molar-refractivity contribution in [3.63, 3.8) is 0 Å². The van der Waals surface area contributed by atoms with E-state index in [0.717, 1.165) is 44.1 Å². The lowest BCUT2D eigenvalue weighted by Crippen LogP contribution is -2.67. The summed E-state index contributed by atoms with van der Waals surface area (Å²) in [6, 6.07) is 8.70. The topological polar surface area (TPSA) is 125 Å². The van der Waals surface area contributed by atoms with Crippen LogP contribution in [0.2, 0.25) is 0 Å². The maximum atomic E-state index is 14.6. The van der Waals surface area contributed by atoms with Crippen molar-refractivity contribution in [1.29, 1.82) is 0 Å².